The number of nitrogens with zero attached hydrogens (tertiary/aromatic N) is 1. The molecular formula is C18H20BrNS. The number of benzene rings is 2. The zero-order valence-corrected chi connectivity index (χ0v) is 14.7. The molecule has 0 atom stereocenters. The Morgan fingerprint density at radius 1 is 1.00 bits per heavy atom. The molecule has 1 fully saturated rings. The molecule has 1 saturated heterocycles. The first-order chi connectivity index (χ1) is 10.2. The lowest BCUT2D eigenvalue weighted by atomic mass is 9.90. The zero-order chi connectivity index (χ0) is 14.7. The van der Waals surface area contributed by atoms with Crippen LogP contribution in [0.2, 0.25) is 0 Å². The third-order valence-electron chi connectivity index (χ3n) is 4.05. The summed E-state index contributed by atoms with van der Waals surface area (Å²) in [5, 5.41) is 0. The first-order valence-electron chi connectivity index (χ1n) is 7.46. The van der Waals surface area contributed by atoms with Gasteiger partial charge in [0.05, 0.1) is 0 Å². The van der Waals surface area contributed by atoms with E-state index in [-0.39, 0.29) is 0 Å². The van der Waals surface area contributed by atoms with Crippen molar-refractivity contribution in [2.24, 2.45) is 0 Å². The van der Waals surface area contributed by atoms with Gasteiger partial charge in [-0.3, -0.25) is 0 Å². The molecular weight excluding hydrogens is 342 g/mol. The minimum Gasteiger partial charge on any atom is -0.242 e. The van der Waals surface area contributed by atoms with E-state index in [1.165, 1.54) is 33.8 Å². The fourth-order valence-electron chi connectivity index (χ4n) is 2.80. The van der Waals surface area contributed by atoms with E-state index in [9.17, 15) is 0 Å². The van der Waals surface area contributed by atoms with Crippen LogP contribution in [0, 0.1) is 6.92 Å². The average molecular weight is 362 g/mol. The molecule has 3 rings (SSSR count). The molecule has 0 N–H and O–H groups in total. The number of hydrogen-bond acceptors (Lipinski definition) is 2. The summed E-state index contributed by atoms with van der Waals surface area (Å²) in [6.07, 6.45) is 2.47. The van der Waals surface area contributed by atoms with Crippen LogP contribution in [-0.2, 0) is 0 Å². The fourth-order valence-corrected chi connectivity index (χ4v) is 4.24. The Morgan fingerprint density at radius 2 is 1.67 bits per heavy atom. The molecule has 2 aromatic carbocycles. The first-order valence-corrected chi connectivity index (χ1v) is 8.99. The predicted molar refractivity (Wildman–Crippen MR) is 94.2 cm³/mol. The van der Waals surface area contributed by atoms with Gasteiger partial charge < -0.3 is 0 Å². The molecule has 0 aromatic heterocycles. The summed E-state index contributed by atoms with van der Waals surface area (Å²) in [6, 6.07) is 17.7. The topological polar surface area (TPSA) is 3.24 Å². The highest BCUT2D eigenvalue weighted by molar-refractivity contribution is 9.07. The van der Waals surface area contributed by atoms with E-state index in [1.807, 2.05) is 11.8 Å². The summed E-state index contributed by atoms with van der Waals surface area (Å²) in [5.74, 6) is 0.688. The van der Waals surface area contributed by atoms with Gasteiger partial charge in [-0.15, -0.1) is 0 Å². The smallest absolute Gasteiger partial charge is 0.0157 e. The van der Waals surface area contributed by atoms with Gasteiger partial charge in [-0.25, -0.2) is 3.93 Å². The van der Waals surface area contributed by atoms with Crippen molar-refractivity contribution in [2.45, 2.75) is 35.5 Å². The Bertz CT molecular complexity index is 588. The number of rotatable bonds is 3. The highest BCUT2D eigenvalue weighted by Crippen LogP contribution is 2.38. The molecule has 0 unspecified atom stereocenters. The Hall–Kier alpha value is -0.770. The van der Waals surface area contributed by atoms with Crippen molar-refractivity contribution < 1.29 is 0 Å². The quantitative estimate of drug-likeness (QED) is 0.651. The molecule has 0 spiro atoms. The lowest BCUT2D eigenvalue weighted by molar-refractivity contribution is 0.354. The summed E-state index contributed by atoms with van der Waals surface area (Å²) in [5.41, 5.74) is 2.83. The van der Waals surface area contributed by atoms with E-state index in [4.69, 9.17) is 0 Å². The first kappa shape index (κ1) is 15.1. The van der Waals surface area contributed by atoms with Crippen LogP contribution >= 0.6 is 27.9 Å². The van der Waals surface area contributed by atoms with E-state index in [1.54, 1.807) is 0 Å². The lowest BCUT2D eigenvalue weighted by Crippen LogP contribution is -2.25. The van der Waals surface area contributed by atoms with Gasteiger partial charge in [0.15, 0.2) is 0 Å². The van der Waals surface area contributed by atoms with E-state index in [0.717, 1.165) is 13.1 Å². The normalized spacial score (nSPS) is 17.0. The molecule has 0 aliphatic carbocycles. The second kappa shape index (κ2) is 6.99. The van der Waals surface area contributed by atoms with Gasteiger partial charge in [-0.1, -0.05) is 47.7 Å². The summed E-state index contributed by atoms with van der Waals surface area (Å²) >= 11 is 5.49. The third kappa shape index (κ3) is 3.91. The number of piperidine rings is 1. The van der Waals surface area contributed by atoms with Crippen LogP contribution in [0.3, 0.4) is 0 Å². The zero-order valence-electron chi connectivity index (χ0n) is 12.3. The monoisotopic (exact) mass is 361 g/mol. The van der Waals surface area contributed by atoms with Crippen molar-refractivity contribution >= 4 is 27.9 Å². The minimum atomic E-state index is 0.688. The van der Waals surface area contributed by atoms with Crippen LogP contribution in [0.4, 0.5) is 0 Å². The van der Waals surface area contributed by atoms with Gasteiger partial charge in [-0.05, 0) is 49.4 Å². The Morgan fingerprint density at radius 3 is 2.38 bits per heavy atom. The highest BCUT2D eigenvalue weighted by Gasteiger charge is 2.21. The number of hydrogen-bond donors (Lipinski definition) is 0. The maximum absolute atomic E-state index is 3.60. The van der Waals surface area contributed by atoms with Crippen LogP contribution in [0.25, 0.3) is 0 Å². The van der Waals surface area contributed by atoms with Crippen molar-refractivity contribution in [1.29, 1.82) is 0 Å². The molecule has 1 aliphatic heterocycles. The van der Waals surface area contributed by atoms with Crippen molar-refractivity contribution in [1.82, 2.24) is 3.93 Å². The van der Waals surface area contributed by atoms with Crippen LogP contribution in [0.1, 0.15) is 29.9 Å². The summed E-state index contributed by atoms with van der Waals surface area (Å²) in [6.45, 7) is 4.40. The van der Waals surface area contributed by atoms with Crippen LogP contribution in [0.5, 0.6) is 0 Å². The van der Waals surface area contributed by atoms with E-state index < -0.39 is 0 Å². The lowest BCUT2D eigenvalue weighted by Gasteiger charge is -2.28. The Balaban J connectivity index is 1.80. The molecule has 1 nitrogen and oxygen atoms in total. The average Bonchev–Trinajstić information content (AvgIpc) is 2.51. The summed E-state index contributed by atoms with van der Waals surface area (Å²) in [4.78, 5) is 2.74. The Labute approximate surface area is 140 Å². The molecule has 1 aliphatic rings. The van der Waals surface area contributed by atoms with Gasteiger partial charge in [0.2, 0.25) is 0 Å². The maximum Gasteiger partial charge on any atom is 0.0157 e. The summed E-state index contributed by atoms with van der Waals surface area (Å²) < 4.78 is 2.25. The molecule has 0 amide bonds. The van der Waals surface area contributed by atoms with Gasteiger partial charge in [-0.2, -0.15) is 0 Å². The van der Waals surface area contributed by atoms with Crippen LogP contribution in [0.15, 0.2) is 58.3 Å². The van der Waals surface area contributed by atoms with Gasteiger partial charge >= 0.3 is 0 Å². The minimum absolute atomic E-state index is 0.688. The molecule has 21 heavy (non-hydrogen) atoms. The SMILES string of the molecule is Cc1ccc(Sc2ccccc2C2CCN(Br)CC2)cc1. The second-order valence-corrected chi connectivity index (χ2v) is 7.76. The largest absolute Gasteiger partial charge is 0.242 e. The van der Waals surface area contributed by atoms with E-state index in [2.05, 4.69) is 75.5 Å². The number of halogens is 1. The molecule has 2 aromatic rings. The van der Waals surface area contributed by atoms with Gasteiger partial charge in [0, 0.05) is 39.0 Å². The molecule has 0 saturated carbocycles. The van der Waals surface area contributed by atoms with Crippen LogP contribution in [-0.4, -0.2) is 17.0 Å². The molecule has 0 bridgehead atoms. The third-order valence-corrected chi connectivity index (χ3v) is 5.86. The number of aryl methyl sites for hydroxylation is 1. The summed E-state index contributed by atoms with van der Waals surface area (Å²) in [7, 11) is 0. The highest BCUT2D eigenvalue weighted by atomic mass is 79.9. The molecule has 1 heterocycles. The fraction of sp³-hybridized carbons (Fsp3) is 0.333. The Kier molecular flexibility index (Phi) is 5.04. The van der Waals surface area contributed by atoms with Gasteiger partial charge in [0.1, 0.15) is 0 Å². The van der Waals surface area contributed by atoms with E-state index >= 15 is 0 Å². The predicted octanol–water partition coefficient (Wildman–Crippen LogP) is 5.64. The standard InChI is InChI=1S/C18H20BrNS/c1-14-6-8-16(9-7-14)21-18-5-3-2-4-17(18)15-10-12-20(19)13-11-15/h2-9,15H,10-13H2,1H3. The van der Waals surface area contributed by atoms with Crippen molar-refractivity contribution in [3.8, 4) is 0 Å². The second-order valence-electron chi connectivity index (χ2n) is 5.64. The molecule has 110 valence electrons. The molecule has 0 radical (unpaired) electrons. The van der Waals surface area contributed by atoms with E-state index in [0.29, 0.717) is 5.92 Å². The van der Waals surface area contributed by atoms with Crippen molar-refractivity contribution in [3.05, 3.63) is 59.7 Å². The molecule has 3 heteroatoms. The maximum atomic E-state index is 3.60. The van der Waals surface area contributed by atoms with Crippen LogP contribution < -0.4 is 0 Å². The van der Waals surface area contributed by atoms with Crippen molar-refractivity contribution in [3.63, 3.8) is 0 Å². The van der Waals surface area contributed by atoms with Crippen molar-refractivity contribution in [2.75, 3.05) is 13.1 Å². The van der Waals surface area contributed by atoms with Gasteiger partial charge in [0.25, 0.3) is 0 Å².